The topological polar surface area (TPSA) is 29.3 Å². The van der Waals surface area contributed by atoms with Crippen molar-refractivity contribution < 1.29 is 0 Å². The van der Waals surface area contributed by atoms with Gasteiger partial charge in [-0.25, -0.2) is 4.98 Å². The van der Waals surface area contributed by atoms with Gasteiger partial charge in [0.25, 0.3) is 0 Å². The monoisotopic (exact) mass is 283 g/mol. The lowest BCUT2D eigenvalue weighted by Gasteiger charge is -2.05. The molecule has 0 atom stereocenters. The van der Waals surface area contributed by atoms with Crippen molar-refractivity contribution in [2.75, 3.05) is 6.54 Å². The summed E-state index contributed by atoms with van der Waals surface area (Å²) in [6.45, 7) is 3.90. The summed E-state index contributed by atoms with van der Waals surface area (Å²) in [4.78, 5) is 5.96. The Morgan fingerprint density at radius 1 is 1.10 bits per heavy atom. The third-order valence-corrected chi connectivity index (χ3v) is 4.12. The molecule has 2 aromatic heterocycles. The summed E-state index contributed by atoms with van der Waals surface area (Å²) < 4.78 is 2.16. The lowest BCUT2D eigenvalue weighted by Crippen LogP contribution is -2.13. The van der Waals surface area contributed by atoms with Gasteiger partial charge in [-0.15, -0.1) is 0 Å². The van der Waals surface area contributed by atoms with E-state index >= 15 is 0 Å². The second-order valence-electron chi connectivity index (χ2n) is 4.49. The van der Waals surface area contributed by atoms with E-state index in [1.54, 1.807) is 11.8 Å². The fraction of sp³-hybridized carbons (Fsp3) is 0.188. The molecular formula is C16H17N3S. The predicted octanol–water partition coefficient (Wildman–Crippen LogP) is 3.60. The summed E-state index contributed by atoms with van der Waals surface area (Å²) in [5.74, 6) is 0. The molecule has 1 aromatic carbocycles. The maximum atomic E-state index is 4.75. The predicted molar refractivity (Wildman–Crippen MR) is 83.1 cm³/mol. The highest BCUT2D eigenvalue weighted by molar-refractivity contribution is 7.99. The van der Waals surface area contributed by atoms with Crippen molar-refractivity contribution in [2.24, 2.45) is 0 Å². The summed E-state index contributed by atoms with van der Waals surface area (Å²) >= 11 is 1.72. The zero-order valence-electron chi connectivity index (χ0n) is 11.4. The highest BCUT2D eigenvalue weighted by Gasteiger charge is 2.12. The first-order chi connectivity index (χ1) is 9.88. The maximum absolute atomic E-state index is 4.75. The Labute approximate surface area is 123 Å². The van der Waals surface area contributed by atoms with Crippen molar-refractivity contribution in [2.45, 2.75) is 23.4 Å². The van der Waals surface area contributed by atoms with Gasteiger partial charge in [0.1, 0.15) is 10.7 Å². The van der Waals surface area contributed by atoms with Gasteiger partial charge >= 0.3 is 0 Å². The number of pyridine rings is 1. The Balaban J connectivity index is 2.00. The minimum atomic E-state index is 0.830. The van der Waals surface area contributed by atoms with Crippen LogP contribution in [0, 0.1) is 0 Å². The fourth-order valence-electron chi connectivity index (χ4n) is 2.11. The molecule has 0 aliphatic heterocycles. The van der Waals surface area contributed by atoms with Crippen molar-refractivity contribution >= 4 is 17.4 Å². The Bertz CT molecular complexity index is 691. The number of imidazole rings is 1. The number of nitrogens with zero attached hydrogens (tertiary/aromatic N) is 2. The van der Waals surface area contributed by atoms with Crippen LogP contribution in [0.5, 0.6) is 0 Å². The number of nitrogens with one attached hydrogen (secondary N) is 1. The number of rotatable bonds is 5. The first-order valence-corrected chi connectivity index (χ1v) is 7.59. The van der Waals surface area contributed by atoms with Gasteiger partial charge in [0.2, 0.25) is 0 Å². The average Bonchev–Trinajstić information content (AvgIpc) is 2.83. The summed E-state index contributed by atoms with van der Waals surface area (Å²) in [6.07, 6.45) is 2.07. The number of fused-ring (bicyclic) bond motifs is 1. The maximum Gasteiger partial charge on any atom is 0.138 e. The van der Waals surface area contributed by atoms with Gasteiger partial charge in [-0.05, 0) is 30.8 Å². The van der Waals surface area contributed by atoms with E-state index in [9.17, 15) is 0 Å². The highest BCUT2D eigenvalue weighted by Crippen LogP contribution is 2.30. The molecule has 0 bridgehead atoms. The van der Waals surface area contributed by atoms with Crippen molar-refractivity contribution in [1.29, 1.82) is 0 Å². The molecule has 20 heavy (non-hydrogen) atoms. The zero-order chi connectivity index (χ0) is 13.8. The lowest BCUT2D eigenvalue weighted by atomic mass is 10.4. The molecule has 3 nitrogen and oxygen atoms in total. The summed E-state index contributed by atoms with van der Waals surface area (Å²) in [5.41, 5.74) is 2.22. The Morgan fingerprint density at radius 3 is 2.70 bits per heavy atom. The second-order valence-corrected chi connectivity index (χ2v) is 5.55. The van der Waals surface area contributed by atoms with Crippen molar-refractivity contribution in [3.63, 3.8) is 0 Å². The van der Waals surface area contributed by atoms with E-state index in [1.165, 1.54) is 10.6 Å². The van der Waals surface area contributed by atoms with Crippen LogP contribution in [0.25, 0.3) is 5.65 Å². The molecule has 0 saturated heterocycles. The van der Waals surface area contributed by atoms with Crippen LogP contribution in [0.15, 0.2) is 64.6 Å². The lowest BCUT2D eigenvalue weighted by molar-refractivity contribution is 0.694. The molecule has 2 heterocycles. The molecule has 0 spiro atoms. The number of aromatic nitrogens is 2. The smallest absolute Gasteiger partial charge is 0.138 e. The Kier molecular flexibility index (Phi) is 4.04. The quantitative estimate of drug-likeness (QED) is 0.776. The summed E-state index contributed by atoms with van der Waals surface area (Å²) in [6, 6.07) is 16.5. The molecule has 3 rings (SSSR count). The minimum Gasteiger partial charge on any atom is -0.311 e. The van der Waals surface area contributed by atoms with Gasteiger partial charge in [-0.1, -0.05) is 43.0 Å². The van der Waals surface area contributed by atoms with Crippen molar-refractivity contribution in [3.8, 4) is 0 Å². The van der Waals surface area contributed by atoms with Crippen LogP contribution in [0.3, 0.4) is 0 Å². The largest absolute Gasteiger partial charge is 0.311 e. The van der Waals surface area contributed by atoms with Crippen LogP contribution in [-0.2, 0) is 6.54 Å². The van der Waals surface area contributed by atoms with Crippen molar-refractivity contribution in [3.05, 3.63) is 60.4 Å². The number of hydrogen-bond acceptors (Lipinski definition) is 3. The molecule has 0 unspecified atom stereocenters. The van der Waals surface area contributed by atoms with Gasteiger partial charge in [0.15, 0.2) is 0 Å². The standard InChI is InChI=1S/C16H17N3S/c1-2-17-12-14-16(20-13-8-4-3-5-9-13)18-15-10-6-7-11-19(14)15/h3-11,17H,2,12H2,1H3. The minimum absolute atomic E-state index is 0.830. The van der Waals surface area contributed by atoms with E-state index in [1.807, 2.05) is 24.3 Å². The van der Waals surface area contributed by atoms with E-state index in [-0.39, 0.29) is 0 Å². The van der Waals surface area contributed by atoms with Crippen molar-refractivity contribution in [1.82, 2.24) is 14.7 Å². The Hall–Kier alpha value is -1.78. The van der Waals surface area contributed by atoms with Crippen LogP contribution in [-0.4, -0.2) is 15.9 Å². The van der Waals surface area contributed by atoms with E-state index in [0.29, 0.717) is 0 Å². The van der Waals surface area contributed by atoms with E-state index in [2.05, 4.69) is 47.1 Å². The van der Waals surface area contributed by atoms with E-state index < -0.39 is 0 Å². The third-order valence-electron chi connectivity index (χ3n) is 3.09. The Morgan fingerprint density at radius 2 is 1.90 bits per heavy atom. The van der Waals surface area contributed by atoms with Gasteiger partial charge < -0.3 is 9.72 Å². The number of hydrogen-bond donors (Lipinski definition) is 1. The van der Waals surface area contributed by atoms with Crippen LogP contribution in [0.2, 0.25) is 0 Å². The van der Waals surface area contributed by atoms with Gasteiger partial charge in [-0.3, -0.25) is 0 Å². The molecule has 0 fully saturated rings. The fourth-order valence-corrected chi connectivity index (χ4v) is 3.06. The normalized spacial score (nSPS) is 11.1. The van der Waals surface area contributed by atoms with E-state index in [4.69, 9.17) is 4.98 Å². The van der Waals surface area contributed by atoms with Crippen LogP contribution < -0.4 is 5.32 Å². The van der Waals surface area contributed by atoms with Gasteiger partial charge in [0.05, 0.1) is 5.69 Å². The zero-order valence-corrected chi connectivity index (χ0v) is 12.2. The number of benzene rings is 1. The average molecular weight is 283 g/mol. The molecule has 102 valence electrons. The van der Waals surface area contributed by atoms with Crippen LogP contribution in [0.1, 0.15) is 12.6 Å². The molecule has 0 aliphatic rings. The molecule has 4 heteroatoms. The molecule has 0 radical (unpaired) electrons. The third kappa shape index (κ3) is 2.71. The second kappa shape index (κ2) is 6.11. The first kappa shape index (κ1) is 13.2. The highest BCUT2D eigenvalue weighted by atomic mass is 32.2. The van der Waals surface area contributed by atoms with Gasteiger partial charge in [0, 0.05) is 17.6 Å². The van der Waals surface area contributed by atoms with Gasteiger partial charge in [-0.2, -0.15) is 0 Å². The summed E-state index contributed by atoms with van der Waals surface area (Å²) in [5, 5.41) is 4.47. The van der Waals surface area contributed by atoms with E-state index in [0.717, 1.165) is 23.8 Å². The SMILES string of the molecule is CCNCc1c(Sc2ccccc2)nc2ccccn12. The molecular weight excluding hydrogens is 266 g/mol. The molecule has 0 aliphatic carbocycles. The van der Waals surface area contributed by atoms with Crippen LogP contribution >= 0.6 is 11.8 Å². The van der Waals surface area contributed by atoms with Crippen LogP contribution in [0.4, 0.5) is 0 Å². The molecule has 0 amide bonds. The molecule has 0 saturated carbocycles. The molecule has 3 aromatic rings. The first-order valence-electron chi connectivity index (χ1n) is 6.78. The summed E-state index contributed by atoms with van der Waals surface area (Å²) in [7, 11) is 0. The molecule has 1 N–H and O–H groups in total.